The van der Waals surface area contributed by atoms with Crippen LogP contribution in [0.3, 0.4) is 0 Å². The first-order chi connectivity index (χ1) is 15.2. The van der Waals surface area contributed by atoms with Crippen LogP contribution in [0.15, 0.2) is 65.3 Å². The van der Waals surface area contributed by atoms with E-state index in [1.807, 2.05) is 54.6 Å². The maximum atomic E-state index is 12.3. The minimum atomic E-state index is -0.0706. The first-order valence-corrected chi connectivity index (χ1v) is 11.1. The Morgan fingerprint density at radius 2 is 2.03 bits per heavy atom. The van der Waals surface area contributed by atoms with Crippen molar-refractivity contribution in [2.45, 2.75) is 12.3 Å². The average molecular weight is 433 g/mol. The number of imidazole rings is 1. The quantitative estimate of drug-likeness (QED) is 0.482. The van der Waals surface area contributed by atoms with Gasteiger partial charge in [-0.25, -0.2) is 4.98 Å². The Bertz CT molecular complexity index is 1250. The number of anilines is 1. The van der Waals surface area contributed by atoms with Gasteiger partial charge < -0.3 is 19.6 Å². The number of carbonyl (C=O) groups excluding carboxylic acids is 2. The van der Waals surface area contributed by atoms with Gasteiger partial charge in [0.15, 0.2) is 0 Å². The van der Waals surface area contributed by atoms with Gasteiger partial charge in [0.05, 0.1) is 34.4 Å². The number of para-hydroxylation sites is 1. The molecule has 0 radical (unpaired) electrons. The minimum absolute atomic E-state index is 0.0586. The molecular formula is C23H20N4O3S. The summed E-state index contributed by atoms with van der Waals surface area (Å²) in [6.45, 7) is 1.20. The van der Waals surface area contributed by atoms with Gasteiger partial charge in [0, 0.05) is 24.3 Å². The van der Waals surface area contributed by atoms with Crippen molar-refractivity contribution < 1.29 is 14.0 Å². The zero-order valence-electron chi connectivity index (χ0n) is 16.6. The number of carbonyl (C=O) groups is 2. The zero-order chi connectivity index (χ0) is 21.2. The van der Waals surface area contributed by atoms with E-state index in [2.05, 4.69) is 15.2 Å². The van der Waals surface area contributed by atoms with E-state index in [0.717, 1.165) is 33.9 Å². The van der Waals surface area contributed by atoms with Crippen LogP contribution in [0, 0.1) is 0 Å². The smallest absolute Gasteiger partial charge is 0.253 e. The lowest BCUT2D eigenvalue weighted by atomic mass is 10.1. The predicted octanol–water partition coefficient (Wildman–Crippen LogP) is 3.91. The Labute approximate surface area is 182 Å². The highest BCUT2D eigenvalue weighted by atomic mass is 32.2. The first-order valence-electron chi connectivity index (χ1n) is 9.97. The second-order valence-electron chi connectivity index (χ2n) is 7.21. The van der Waals surface area contributed by atoms with Gasteiger partial charge in [0.1, 0.15) is 11.6 Å². The molecule has 1 aliphatic heterocycles. The highest BCUT2D eigenvalue weighted by Gasteiger charge is 2.21. The average Bonchev–Trinajstić information content (AvgIpc) is 3.38. The summed E-state index contributed by atoms with van der Waals surface area (Å²) < 4.78 is 7.36. The van der Waals surface area contributed by atoms with Crippen LogP contribution in [0.2, 0.25) is 0 Å². The van der Waals surface area contributed by atoms with E-state index in [9.17, 15) is 9.59 Å². The van der Waals surface area contributed by atoms with Crippen molar-refractivity contribution in [3.8, 4) is 11.4 Å². The van der Waals surface area contributed by atoms with E-state index in [1.165, 1.54) is 11.8 Å². The Morgan fingerprint density at radius 1 is 1.16 bits per heavy atom. The fourth-order valence-corrected chi connectivity index (χ4v) is 4.45. The molecule has 2 amide bonds. The first kappa shape index (κ1) is 19.4. The van der Waals surface area contributed by atoms with E-state index in [-0.39, 0.29) is 11.8 Å². The van der Waals surface area contributed by atoms with Crippen LogP contribution in [0.1, 0.15) is 16.1 Å². The lowest BCUT2D eigenvalue weighted by molar-refractivity contribution is -0.113. The predicted molar refractivity (Wildman–Crippen MR) is 121 cm³/mol. The van der Waals surface area contributed by atoms with E-state index >= 15 is 0 Å². The third-order valence-electron chi connectivity index (χ3n) is 5.12. The van der Waals surface area contributed by atoms with Crippen LogP contribution in [0.5, 0.6) is 0 Å². The molecule has 0 bridgehead atoms. The number of benzene rings is 2. The van der Waals surface area contributed by atoms with E-state index in [0.29, 0.717) is 30.2 Å². The second kappa shape index (κ2) is 8.31. The van der Waals surface area contributed by atoms with Gasteiger partial charge in [-0.15, -0.1) is 11.8 Å². The molecule has 2 aromatic carbocycles. The van der Waals surface area contributed by atoms with Crippen LogP contribution in [0.4, 0.5) is 5.69 Å². The standard InChI is InChI=1S/C23H20N4O3S/c28-20(14-31-13-17-3-2-12-30-17)25-16-8-6-15(7-9-16)22-26-19-5-1-4-18-21(19)27(22)11-10-24-23(18)29/h1-9,12H,10-11,13-14H2,(H,24,29)(H,25,28). The molecule has 2 N–H and O–H groups in total. The fourth-order valence-electron chi connectivity index (χ4n) is 3.72. The number of rotatable bonds is 6. The number of furan rings is 1. The summed E-state index contributed by atoms with van der Waals surface area (Å²) in [4.78, 5) is 29.3. The third kappa shape index (κ3) is 3.94. The minimum Gasteiger partial charge on any atom is -0.468 e. The molecule has 156 valence electrons. The number of amides is 2. The number of hydrogen-bond donors (Lipinski definition) is 2. The molecule has 7 nitrogen and oxygen atoms in total. The Kier molecular flexibility index (Phi) is 5.21. The monoisotopic (exact) mass is 432 g/mol. The van der Waals surface area contributed by atoms with Crippen LogP contribution >= 0.6 is 11.8 Å². The van der Waals surface area contributed by atoms with Crippen LogP contribution in [-0.2, 0) is 17.1 Å². The third-order valence-corrected chi connectivity index (χ3v) is 6.07. The summed E-state index contributed by atoms with van der Waals surface area (Å²) in [5.74, 6) is 2.55. The van der Waals surface area contributed by atoms with Gasteiger partial charge in [-0.3, -0.25) is 9.59 Å². The van der Waals surface area contributed by atoms with Crippen molar-refractivity contribution in [1.29, 1.82) is 0 Å². The fraction of sp³-hybridized carbons (Fsp3) is 0.174. The summed E-state index contributed by atoms with van der Waals surface area (Å²) in [6.07, 6.45) is 1.63. The lowest BCUT2D eigenvalue weighted by Crippen LogP contribution is -2.24. The van der Waals surface area contributed by atoms with Crippen molar-refractivity contribution in [3.63, 3.8) is 0 Å². The second-order valence-corrected chi connectivity index (χ2v) is 8.20. The molecule has 31 heavy (non-hydrogen) atoms. The maximum absolute atomic E-state index is 12.3. The summed E-state index contributed by atoms with van der Waals surface area (Å²) >= 11 is 1.50. The van der Waals surface area contributed by atoms with Gasteiger partial charge in [0.25, 0.3) is 5.91 Å². The van der Waals surface area contributed by atoms with E-state index < -0.39 is 0 Å². The molecule has 0 saturated carbocycles. The van der Waals surface area contributed by atoms with Gasteiger partial charge in [-0.05, 0) is 48.5 Å². The van der Waals surface area contributed by atoms with Gasteiger partial charge in [-0.2, -0.15) is 0 Å². The molecule has 0 atom stereocenters. The molecule has 4 aromatic rings. The van der Waals surface area contributed by atoms with Crippen molar-refractivity contribution in [2.75, 3.05) is 17.6 Å². The largest absolute Gasteiger partial charge is 0.468 e. The number of nitrogens with zero attached hydrogens (tertiary/aromatic N) is 2. The molecule has 2 aromatic heterocycles. The number of nitrogens with one attached hydrogen (secondary N) is 2. The molecule has 3 heterocycles. The molecule has 8 heteroatoms. The topological polar surface area (TPSA) is 89.2 Å². The van der Waals surface area contributed by atoms with Crippen molar-refractivity contribution >= 4 is 40.3 Å². The number of hydrogen-bond acceptors (Lipinski definition) is 5. The molecule has 5 rings (SSSR count). The van der Waals surface area contributed by atoms with Crippen molar-refractivity contribution in [2.24, 2.45) is 0 Å². The van der Waals surface area contributed by atoms with Gasteiger partial charge >= 0.3 is 0 Å². The normalized spacial score (nSPS) is 13.1. The summed E-state index contributed by atoms with van der Waals surface area (Å²) in [6, 6.07) is 17.0. The number of aromatic nitrogens is 2. The SMILES string of the molecule is O=C(CSCc1ccco1)Nc1ccc(-c2nc3cccc4c3n2CCNC4=O)cc1. The highest BCUT2D eigenvalue weighted by molar-refractivity contribution is 7.99. The van der Waals surface area contributed by atoms with Gasteiger partial charge in [-0.1, -0.05) is 6.07 Å². The van der Waals surface area contributed by atoms with Gasteiger partial charge in [0.2, 0.25) is 5.91 Å². The highest BCUT2D eigenvalue weighted by Crippen LogP contribution is 2.29. The molecule has 0 aliphatic carbocycles. The zero-order valence-corrected chi connectivity index (χ0v) is 17.4. The molecule has 0 spiro atoms. The van der Waals surface area contributed by atoms with Crippen LogP contribution in [0.25, 0.3) is 22.4 Å². The molecular weight excluding hydrogens is 412 g/mol. The number of thioether (sulfide) groups is 1. The molecule has 0 unspecified atom stereocenters. The molecule has 0 fully saturated rings. The van der Waals surface area contributed by atoms with Crippen molar-refractivity contribution in [1.82, 2.24) is 14.9 Å². The Hall–Kier alpha value is -3.52. The summed E-state index contributed by atoms with van der Waals surface area (Å²) in [5.41, 5.74) is 3.97. The Balaban J connectivity index is 1.31. The molecule has 1 aliphatic rings. The Morgan fingerprint density at radius 3 is 2.84 bits per heavy atom. The van der Waals surface area contributed by atoms with Crippen LogP contribution in [-0.4, -0.2) is 33.7 Å². The summed E-state index contributed by atoms with van der Waals surface area (Å²) in [7, 11) is 0. The van der Waals surface area contributed by atoms with E-state index in [4.69, 9.17) is 9.40 Å². The van der Waals surface area contributed by atoms with Crippen LogP contribution < -0.4 is 10.6 Å². The van der Waals surface area contributed by atoms with E-state index in [1.54, 1.807) is 6.26 Å². The maximum Gasteiger partial charge on any atom is 0.253 e. The lowest BCUT2D eigenvalue weighted by Gasteiger charge is -2.09. The summed E-state index contributed by atoms with van der Waals surface area (Å²) in [5, 5.41) is 5.85. The van der Waals surface area contributed by atoms with Crippen molar-refractivity contribution in [3.05, 3.63) is 72.2 Å². The molecule has 0 saturated heterocycles.